The van der Waals surface area contributed by atoms with Crippen molar-refractivity contribution >= 4 is 17.8 Å². The fraction of sp³-hybridized carbons (Fsp3) is 0.833. The van der Waals surface area contributed by atoms with Gasteiger partial charge in [0.15, 0.2) is 5.96 Å². The molecule has 1 unspecified atom stereocenters. The first kappa shape index (κ1) is 18.0. The first-order valence-corrected chi connectivity index (χ1v) is 9.78. The zero-order valence-electron chi connectivity index (χ0n) is 15.2. The lowest BCUT2D eigenvalue weighted by Gasteiger charge is -2.21. The molecule has 140 valence electrons. The summed E-state index contributed by atoms with van der Waals surface area (Å²) in [5, 5.41) is 9.51. The molecule has 2 amide bonds. The van der Waals surface area contributed by atoms with Gasteiger partial charge in [0.1, 0.15) is 6.54 Å². The maximum atomic E-state index is 12.5. The van der Waals surface area contributed by atoms with E-state index in [1.165, 1.54) is 12.8 Å². The molecule has 3 rings (SSSR count). The lowest BCUT2D eigenvalue weighted by Crippen LogP contribution is -2.46. The Labute approximate surface area is 150 Å². The predicted molar refractivity (Wildman–Crippen MR) is 97.2 cm³/mol. The van der Waals surface area contributed by atoms with Crippen LogP contribution in [0.15, 0.2) is 4.99 Å². The van der Waals surface area contributed by atoms with E-state index < -0.39 is 0 Å². The molecule has 25 heavy (non-hydrogen) atoms. The van der Waals surface area contributed by atoms with E-state index in [1.807, 2.05) is 11.8 Å². The second-order valence-corrected chi connectivity index (χ2v) is 7.43. The molecular formula is C18H31N5O2. The maximum absolute atomic E-state index is 12.5. The average molecular weight is 349 g/mol. The second kappa shape index (κ2) is 8.54. The van der Waals surface area contributed by atoms with Crippen molar-refractivity contribution in [1.82, 2.24) is 20.9 Å². The maximum Gasteiger partial charge on any atom is 0.242 e. The monoisotopic (exact) mass is 349 g/mol. The van der Waals surface area contributed by atoms with E-state index in [4.69, 9.17) is 0 Å². The molecule has 2 saturated carbocycles. The Bertz CT molecular complexity index is 512. The van der Waals surface area contributed by atoms with E-state index in [2.05, 4.69) is 20.9 Å². The number of guanidine groups is 1. The summed E-state index contributed by atoms with van der Waals surface area (Å²) < 4.78 is 0. The summed E-state index contributed by atoms with van der Waals surface area (Å²) in [6, 6.07) is 0.567. The molecule has 3 N–H and O–H groups in total. The molecule has 3 fully saturated rings. The van der Waals surface area contributed by atoms with Crippen molar-refractivity contribution in [1.29, 1.82) is 0 Å². The standard InChI is InChI=1S/C18H31N5O2/c1-2-19-18(20-11-16(24)21-14-7-8-14)22-15-9-10-23(12-15)17(25)13-5-3-4-6-13/h13-15H,2-12H2,1H3,(H,21,24)(H2,19,20,22). The molecule has 3 aliphatic rings. The van der Waals surface area contributed by atoms with Crippen LogP contribution in [0.1, 0.15) is 51.9 Å². The number of carbonyl (C=O) groups excluding carboxylic acids is 2. The minimum absolute atomic E-state index is 0.0239. The number of aliphatic imine (C=N–C) groups is 1. The van der Waals surface area contributed by atoms with Crippen molar-refractivity contribution in [2.45, 2.75) is 64.0 Å². The molecule has 1 atom stereocenters. The van der Waals surface area contributed by atoms with Crippen LogP contribution < -0.4 is 16.0 Å². The lowest BCUT2D eigenvalue weighted by molar-refractivity contribution is -0.134. The highest BCUT2D eigenvalue weighted by Gasteiger charge is 2.32. The molecule has 2 aliphatic carbocycles. The summed E-state index contributed by atoms with van der Waals surface area (Å²) in [6.45, 7) is 4.44. The number of likely N-dealkylation sites (tertiary alicyclic amines) is 1. The first-order valence-electron chi connectivity index (χ1n) is 9.78. The largest absolute Gasteiger partial charge is 0.357 e. The predicted octanol–water partition coefficient (Wildman–Crippen LogP) is 0.611. The van der Waals surface area contributed by atoms with Gasteiger partial charge in [-0.3, -0.25) is 9.59 Å². The van der Waals surface area contributed by atoms with Crippen molar-refractivity contribution in [2.24, 2.45) is 10.9 Å². The topological polar surface area (TPSA) is 85.8 Å². The van der Waals surface area contributed by atoms with E-state index in [9.17, 15) is 9.59 Å². The van der Waals surface area contributed by atoms with Gasteiger partial charge in [0.25, 0.3) is 0 Å². The van der Waals surface area contributed by atoms with Crippen LogP contribution in [0.5, 0.6) is 0 Å². The number of amides is 2. The summed E-state index contributed by atoms with van der Waals surface area (Å²) in [5.41, 5.74) is 0. The van der Waals surface area contributed by atoms with Gasteiger partial charge < -0.3 is 20.9 Å². The fourth-order valence-corrected chi connectivity index (χ4v) is 3.67. The van der Waals surface area contributed by atoms with Crippen molar-refractivity contribution in [3.63, 3.8) is 0 Å². The second-order valence-electron chi connectivity index (χ2n) is 7.43. The summed E-state index contributed by atoms with van der Waals surface area (Å²) in [4.78, 5) is 30.7. The molecular weight excluding hydrogens is 318 g/mol. The van der Waals surface area contributed by atoms with Crippen LogP contribution in [0.3, 0.4) is 0 Å². The van der Waals surface area contributed by atoms with E-state index in [1.54, 1.807) is 0 Å². The highest BCUT2D eigenvalue weighted by atomic mass is 16.2. The van der Waals surface area contributed by atoms with Crippen molar-refractivity contribution in [3.8, 4) is 0 Å². The van der Waals surface area contributed by atoms with Crippen LogP contribution in [0.2, 0.25) is 0 Å². The summed E-state index contributed by atoms with van der Waals surface area (Å²) in [5.74, 6) is 1.21. The van der Waals surface area contributed by atoms with Gasteiger partial charge in [-0.1, -0.05) is 12.8 Å². The van der Waals surface area contributed by atoms with Gasteiger partial charge >= 0.3 is 0 Å². The van der Waals surface area contributed by atoms with Crippen LogP contribution in [0, 0.1) is 5.92 Å². The normalized spacial score (nSPS) is 24.4. The zero-order valence-corrected chi connectivity index (χ0v) is 15.2. The van der Waals surface area contributed by atoms with Gasteiger partial charge in [-0.25, -0.2) is 4.99 Å². The Morgan fingerprint density at radius 3 is 2.48 bits per heavy atom. The average Bonchev–Trinajstić information content (AvgIpc) is 3.07. The molecule has 1 heterocycles. The van der Waals surface area contributed by atoms with E-state index in [-0.39, 0.29) is 24.4 Å². The van der Waals surface area contributed by atoms with Gasteiger partial charge in [-0.2, -0.15) is 0 Å². The molecule has 0 aromatic carbocycles. The highest BCUT2D eigenvalue weighted by molar-refractivity contribution is 5.85. The number of hydrogen-bond acceptors (Lipinski definition) is 3. The molecule has 0 spiro atoms. The fourth-order valence-electron chi connectivity index (χ4n) is 3.67. The van der Waals surface area contributed by atoms with Crippen LogP contribution in [-0.4, -0.2) is 60.9 Å². The van der Waals surface area contributed by atoms with Gasteiger partial charge in [-0.05, 0) is 39.0 Å². The van der Waals surface area contributed by atoms with E-state index >= 15 is 0 Å². The lowest BCUT2D eigenvalue weighted by atomic mass is 10.1. The van der Waals surface area contributed by atoms with E-state index in [0.717, 1.165) is 51.7 Å². The van der Waals surface area contributed by atoms with Crippen molar-refractivity contribution < 1.29 is 9.59 Å². The number of rotatable bonds is 6. The molecule has 0 aromatic heterocycles. The van der Waals surface area contributed by atoms with Crippen molar-refractivity contribution in [2.75, 3.05) is 26.2 Å². The molecule has 7 heteroatoms. The minimum Gasteiger partial charge on any atom is -0.357 e. The minimum atomic E-state index is -0.0239. The molecule has 0 aromatic rings. The molecule has 0 radical (unpaired) electrons. The van der Waals surface area contributed by atoms with Crippen LogP contribution in [-0.2, 0) is 9.59 Å². The van der Waals surface area contributed by atoms with Gasteiger partial charge in [0.2, 0.25) is 11.8 Å². The summed E-state index contributed by atoms with van der Waals surface area (Å²) in [6.07, 6.45) is 7.57. The smallest absolute Gasteiger partial charge is 0.242 e. The Morgan fingerprint density at radius 1 is 1.04 bits per heavy atom. The van der Waals surface area contributed by atoms with Crippen LogP contribution >= 0.6 is 0 Å². The SMILES string of the molecule is CCNC(=NCC(=O)NC1CC1)NC1CCN(C(=O)C2CCCC2)C1. The highest BCUT2D eigenvalue weighted by Crippen LogP contribution is 2.27. The molecule has 0 bridgehead atoms. The van der Waals surface area contributed by atoms with Crippen LogP contribution in [0.4, 0.5) is 0 Å². The van der Waals surface area contributed by atoms with Gasteiger partial charge in [-0.15, -0.1) is 0 Å². The Morgan fingerprint density at radius 2 is 1.80 bits per heavy atom. The Balaban J connectivity index is 1.46. The molecule has 1 aliphatic heterocycles. The zero-order chi connectivity index (χ0) is 17.6. The first-order chi connectivity index (χ1) is 12.2. The van der Waals surface area contributed by atoms with Gasteiger partial charge in [0.05, 0.1) is 0 Å². The molecule has 1 saturated heterocycles. The summed E-state index contributed by atoms with van der Waals surface area (Å²) >= 11 is 0. The third-order valence-corrected chi connectivity index (χ3v) is 5.21. The molecule has 7 nitrogen and oxygen atoms in total. The number of nitrogens with one attached hydrogen (secondary N) is 3. The quantitative estimate of drug-likeness (QED) is 0.484. The summed E-state index contributed by atoms with van der Waals surface area (Å²) in [7, 11) is 0. The van der Waals surface area contributed by atoms with Gasteiger partial charge in [0, 0.05) is 37.6 Å². The Kier molecular flexibility index (Phi) is 6.15. The number of carbonyl (C=O) groups is 2. The number of hydrogen-bond donors (Lipinski definition) is 3. The third kappa shape index (κ3) is 5.34. The van der Waals surface area contributed by atoms with E-state index in [0.29, 0.717) is 17.9 Å². The number of nitrogens with zero attached hydrogens (tertiary/aromatic N) is 2. The van der Waals surface area contributed by atoms with Crippen molar-refractivity contribution in [3.05, 3.63) is 0 Å². The Hall–Kier alpha value is -1.79. The van der Waals surface area contributed by atoms with Crippen LogP contribution in [0.25, 0.3) is 0 Å². The third-order valence-electron chi connectivity index (χ3n) is 5.21.